The van der Waals surface area contributed by atoms with Crippen molar-refractivity contribution < 1.29 is 9.90 Å². The second kappa shape index (κ2) is 8.82. The van der Waals surface area contributed by atoms with Crippen LogP contribution in [0.25, 0.3) is 0 Å². The van der Waals surface area contributed by atoms with Gasteiger partial charge in [0.15, 0.2) is 0 Å². The number of aliphatic hydroxyl groups excluding tert-OH is 1. The van der Waals surface area contributed by atoms with Gasteiger partial charge in [0, 0.05) is 24.1 Å². The standard InChI is InChI=1S/C14H22N2O2S/c1-11(4-3-9-17)15-14(18)16-13-7-5-12(6-8-13)10-19-2/h5-8,11,17H,3-4,9-10H2,1-2H3,(H2,15,16,18). The van der Waals surface area contributed by atoms with E-state index in [-0.39, 0.29) is 18.7 Å². The lowest BCUT2D eigenvalue weighted by Gasteiger charge is -2.14. The van der Waals surface area contributed by atoms with Gasteiger partial charge in [0.25, 0.3) is 0 Å². The van der Waals surface area contributed by atoms with Crippen molar-refractivity contribution in [3.8, 4) is 0 Å². The van der Waals surface area contributed by atoms with Gasteiger partial charge >= 0.3 is 6.03 Å². The topological polar surface area (TPSA) is 61.4 Å². The molecule has 1 rings (SSSR count). The van der Waals surface area contributed by atoms with Crippen molar-refractivity contribution in [2.75, 3.05) is 18.2 Å². The highest BCUT2D eigenvalue weighted by atomic mass is 32.2. The number of benzene rings is 1. The molecule has 0 saturated carbocycles. The fourth-order valence-corrected chi connectivity index (χ4v) is 2.24. The first kappa shape index (κ1) is 15.9. The number of thioether (sulfide) groups is 1. The van der Waals surface area contributed by atoms with E-state index >= 15 is 0 Å². The summed E-state index contributed by atoms with van der Waals surface area (Å²) in [5.41, 5.74) is 2.03. The summed E-state index contributed by atoms with van der Waals surface area (Å²) >= 11 is 1.77. The first-order valence-corrected chi connectivity index (χ1v) is 7.81. The highest BCUT2D eigenvalue weighted by Crippen LogP contribution is 2.13. The average Bonchev–Trinajstić information content (AvgIpc) is 2.39. The van der Waals surface area contributed by atoms with E-state index in [4.69, 9.17) is 5.11 Å². The molecule has 5 heteroatoms. The van der Waals surface area contributed by atoms with E-state index in [0.29, 0.717) is 6.42 Å². The Balaban J connectivity index is 2.39. The van der Waals surface area contributed by atoms with E-state index in [1.165, 1.54) is 5.56 Å². The van der Waals surface area contributed by atoms with E-state index in [1.54, 1.807) is 11.8 Å². The number of amides is 2. The molecule has 1 aromatic carbocycles. The summed E-state index contributed by atoms with van der Waals surface area (Å²) in [4.78, 5) is 11.7. The summed E-state index contributed by atoms with van der Waals surface area (Å²) in [6.07, 6.45) is 3.54. The van der Waals surface area contributed by atoms with Crippen molar-refractivity contribution in [1.82, 2.24) is 5.32 Å². The van der Waals surface area contributed by atoms with Crippen LogP contribution in [0.1, 0.15) is 25.3 Å². The van der Waals surface area contributed by atoms with Gasteiger partial charge in [-0.3, -0.25) is 0 Å². The summed E-state index contributed by atoms with van der Waals surface area (Å²) in [6.45, 7) is 2.08. The number of urea groups is 1. The molecule has 0 heterocycles. The molecular weight excluding hydrogens is 260 g/mol. The molecule has 4 nitrogen and oxygen atoms in total. The molecule has 1 unspecified atom stereocenters. The lowest BCUT2D eigenvalue weighted by Crippen LogP contribution is -2.36. The first-order chi connectivity index (χ1) is 9.15. The van der Waals surface area contributed by atoms with Crippen LogP contribution in [0.5, 0.6) is 0 Å². The van der Waals surface area contributed by atoms with Gasteiger partial charge in [-0.05, 0) is 43.7 Å². The SMILES string of the molecule is CSCc1ccc(NC(=O)NC(C)CCCO)cc1. The molecule has 0 bridgehead atoms. The summed E-state index contributed by atoms with van der Waals surface area (Å²) in [7, 11) is 0. The lowest BCUT2D eigenvalue weighted by molar-refractivity contribution is 0.245. The van der Waals surface area contributed by atoms with Gasteiger partial charge in [0.2, 0.25) is 0 Å². The Morgan fingerprint density at radius 1 is 1.37 bits per heavy atom. The fourth-order valence-electron chi connectivity index (χ4n) is 1.71. The fraction of sp³-hybridized carbons (Fsp3) is 0.500. The van der Waals surface area contributed by atoms with Gasteiger partial charge in [-0.1, -0.05) is 12.1 Å². The van der Waals surface area contributed by atoms with Gasteiger partial charge in [-0.25, -0.2) is 4.79 Å². The number of hydrogen-bond donors (Lipinski definition) is 3. The normalized spacial score (nSPS) is 11.9. The number of carbonyl (C=O) groups is 1. The van der Waals surface area contributed by atoms with Gasteiger partial charge < -0.3 is 15.7 Å². The second-order valence-corrected chi connectivity index (χ2v) is 5.36. The Labute approximate surface area is 119 Å². The molecule has 19 heavy (non-hydrogen) atoms. The number of carbonyl (C=O) groups excluding carboxylic acids is 1. The maximum absolute atomic E-state index is 11.7. The summed E-state index contributed by atoms with van der Waals surface area (Å²) in [6, 6.07) is 7.70. The molecule has 1 atom stereocenters. The van der Waals surface area contributed by atoms with Crippen LogP contribution in [0.15, 0.2) is 24.3 Å². The van der Waals surface area contributed by atoms with Crippen LogP contribution in [0, 0.1) is 0 Å². The van der Waals surface area contributed by atoms with Crippen LogP contribution < -0.4 is 10.6 Å². The zero-order chi connectivity index (χ0) is 14.1. The van der Waals surface area contributed by atoms with Crippen LogP contribution in [-0.2, 0) is 5.75 Å². The van der Waals surface area contributed by atoms with Crippen molar-refractivity contribution in [3.63, 3.8) is 0 Å². The minimum atomic E-state index is -0.206. The van der Waals surface area contributed by atoms with Crippen LogP contribution in [0.4, 0.5) is 10.5 Å². The summed E-state index contributed by atoms with van der Waals surface area (Å²) in [5, 5.41) is 14.4. The van der Waals surface area contributed by atoms with Crippen molar-refractivity contribution in [2.45, 2.75) is 31.6 Å². The maximum atomic E-state index is 11.7. The van der Waals surface area contributed by atoms with Crippen molar-refractivity contribution in [2.24, 2.45) is 0 Å². The van der Waals surface area contributed by atoms with E-state index in [9.17, 15) is 4.79 Å². The van der Waals surface area contributed by atoms with Gasteiger partial charge in [-0.15, -0.1) is 0 Å². The predicted molar refractivity (Wildman–Crippen MR) is 81.6 cm³/mol. The number of nitrogens with one attached hydrogen (secondary N) is 2. The molecule has 0 radical (unpaired) electrons. The largest absolute Gasteiger partial charge is 0.396 e. The lowest BCUT2D eigenvalue weighted by atomic mass is 10.2. The zero-order valence-corrected chi connectivity index (χ0v) is 12.3. The molecule has 0 spiro atoms. The smallest absolute Gasteiger partial charge is 0.319 e. The third-order valence-corrected chi connectivity index (χ3v) is 3.32. The maximum Gasteiger partial charge on any atom is 0.319 e. The Morgan fingerprint density at radius 2 is 2.05 bits per heavy atom. The van der Waals surface area contributed by atoms with Crippen molar-refractivity contribution in [3.05, 3.63) is 29.8 Å². The Morgan fingerprint density at radius 3 is 2.63 bits per heavy atom. The number of aliphatic hydroxyl groups is 1. The second-order valence-electron chi connectivity index (χ2n) is 4.50. The van der Waals surface area contributed by atoms with Gasteiger partial charge in [-0.2, -0.15) is 11.8 Å². The van der Waals surface area contributed by atoms with E-state index in [2.05, 4.69) is 16.9 Å². The molecule has 0 aliphatic heterocycles. The first-order valence-electron chi connectivity index (χ1n) is 6.42. The van der Waals surface area contributed by atoms with Gasteiger partial charge in [0.1, 0.15) is 0 Å². The van der Waals surface area contributed by atoms with E-state index < -0.39 is 0 Å². The molecule has 3 N–H and O–H groups in total. The summed E-state index contributed by atoms with van der Waals surface area (Å²) < 4.78 is 0. The zero-order valence-electron chi connectivity index (χ0n) is 11.5. The molecule has 0 aliphatic carbocycles. The molecule has 1 aromatic rings. The highest BCUT2D eigenvalue weighted by molar-refractivity contribution is 7.97. The number of rotatable bonds is 7. The monoisotopic (exact) mass is 282 g/mol. The van der Waals surface area contributed by atoms with Crippen LogP contribution in [-0.4, -0.2) is 30.0 Å². The molecular formula is C14H22N2O2S. The Hall–Kier alpha value is -1.20. The van der Waals surface area contributed by atoms with Crippen LogP contribution in [0.2, 0.25) is 0 Å². The van der Waals surface area contributed by atoms with Crippen molar-refractivity contribution in [1.29, 1.82) is 0 Å². The van der Waals surface area contributed by atoms with Crippen LogP contribution in [0.3, 0.4) is 0 Å². The Bertz CT molecular complexity index is 382. The molecule has 106 valence electrons. The Kier molecular flexibility index (Phi) is 7.36. The van der Waals surface area contributed by atoms with E-state index in [0.717, 1.165) is 17.9 Å². The number of anilines is 1. The third kappa shape index (κ3) is 6.50. The molecule has 0 fully saturated rings. The van der Waals surface area contributed by atoms with Crippen molar-refractivity contribution >= 4 is 23.5 Å². The highest BCUT2D eigenvalue weighted by Gasteiger charge is 2.06. The van der Waals surface area contributed by atoms with E-state index in [1.807, 2.05) is 31.2 Å². The number of hydrogen-bond acceptors (Lipinski definition) is 3. The average molecular weight is 282 g/mol. The van der Waals surface area contributed by atoms with Crippen LogP contribution >= 0.6 is 11.8 Å². The summed E-state index contributed by atoms with van der Waals surface area (Å²) in [5.74, 6) is 0.977. The molecule has 2 amide bonds. The third-order valence-electron chi connectivity index (χ3n) is 2.70. The molecule has 0 aliphatic rings. The quantitative estimate of drug-likeness (QED) is 0.720. The predicted octanol–water partition coefficient (Wildman–Crippen LogP) is 2.83. The van der Waals surface area contributed by atoms with Gasteiger partial charge in [0.05, 0.1) is 0 Å². The molecule has 0 aromatic heterocycles. The molecule has 0 saturated heterocycles. The minimum absolute atomic E-state index is 0.0583. The minimum Gasteiger partial charge on any atom is -0.396 e.